The van der Waals surface area contributed by atoms with Crippen LogP contribution in [0, 0.1) is 10.1 Å². The predicted octanol–water partition coefficient (Wildman–Crippen LogP) is 3.38. The van der Waals surface area contributed by atoms with Gasteiger partial charge in [-0.25, -0.2) is 18.2 Å². The number of amides is 1. The van der Waals surface area contributed by atoms with E-state index in [0.29, 0.717) is 24.1 Å². The molecule has 1 aliphatic heterocycles. The standard InChI is InChI=1S/C17H21N3O6S2/c1-17(2,3)26-16(21)19-8-4-5-12(19)10-28(24,25)15-18-13-9-11(20(22)23)6-7-14(13)27-15/h6-7,9,12H,4-5,8,10H2,1-3H3/t12-/m1/s1. The zero-order valence-corrected chi connectivity index (χ0v) is 17.4. The number of nitrogens with zero attached hydrogens (tertiary/aromatic N) is 3. The lowest BCUT2D eigenvalue weighted by molar-refractivity contribution is -0.384. The topological polar surface area (TPSA) is 120 Å². The lowest BCUT2D eigenvalue weighted by Crippen LogP contribution is -2.42. The quantitative estimate of drug-likeness (QED) is 0.542. The van der Waals surface area contributed by atoms with Gasteiger partial charge in [-0.15, -0.1) is 11.3 Å². The SMILES string of the molecule is CC(C)(C)OC(=O)N1CCC[C@@H]1CS(=O)(=O)c1nc2cc([N+](=O)[O-])ccc2s1. The number of nitro groups is 1. The van der Waals surface area contributed by atoms with Gasteiger partial charge < -0.3 is 9.64 Å². The van der Waals surface area contributed by atoms with E-state index >= 15 is 0 Å². The Morgan fingerprint density at radius 2 is 2.14 bits per heavy atom. The Balaban J connectivity index is 1.82. The second kappa shape index (κ2) is 7.28. The number of nitro benzene ring substituents is 1. The molecule has 0 aliphatic carbocycles. The van der Waals surface area contributed by atoms with Crippen molar-refractivity contribution in [3.63, 3.8) is 0 Å². The fourth-order valence-corrected chi connectivity index (χ4v) is 5.93. The van der Waals surface area contributed by atoms with E-state index < -0.39 is 32.5 Å². The Morgan fingerprint density at radius 1 is 1.43 bits per heavy atom. The van der Waals surface area contributed by atoms with Gasteiger partial charge in [0.2, 0.25) is 14.2 Å². The molecule has 28 heavy (non-hydrogen) atoms. The van der Waals surface area contributed by atoms with Gasteiger partial charge in [0.25, 0.3) is 5.69 Å². The van der Waals surface area contributed by atoms with Gasteiger partial charge in [0.05, 0.1) is 20.9 Å². The van der Waals surface area contributed by atoms with Gasteiger partial charge in [0.15, 0.2) is 0 Å². The summed E-state index contributed by atoms with van der Waals surface area (Å²) >= 11 is 0.971. The van der Waals surface area contributed by atoms with Gasteiger partial charge >= 0.3 is 6.09 Å². The molecule has 0 bridgehead atoms. The van der Waals surface area contributed by atoms with Crippen LogP contribution in [0.15, 0.2) is 22.5 Å². The van der Waals surface area contributed by atoms with Crippen LogP contribution in [0.1, 0.15) is 33.6 Å². The van der Waals surface area contributed by atoms with Crippen molar-refractivity contribution in [2.45, 2.75) is 49.6 Å². The Kier molecular flexibility index (Phi) is 5.32. The van der Waals surface area contributed by atoms with Gasteiger partial charge in [-0.05, 0) is 39.7 Å². The lowest BCUT2D eigenvalue weighted by Gasteiger charge is -2.28. The molecule has 1 aromatic carbocycles. The minimum absolute atomic E-state index is 0.0981. The maximum Gasteiger partial charge on any atom is 0.410 e. The minimum atomic E-state index is -3.76. The number of carbonyl (C=O) groups excluding carboxylic acids is 1. The molecule has 1 aromatic heterocycles. The first kappa shape index (κ1) is 20.5. The summed E-state index contributed by atoms with van der Waals surface area (Å²) in [6.45, 7) is 5.72. The van der Waals surface area contributed by atoms with E-state index in [4.69, 9.17) is 4.74 Å². The molecule has 0 spiro atoms. The van der Waals surface area contributed by atoms with E-state index in [0.717, 1.165) is 11.3 Å². The molecule has 0 saturated carbocycles. The Morgan fingerprint density at radius 3 is 2.79 bits per heavy atom. The van der Waals surface area contributed by atoms with Crippen LogP contribution < -0.4 is 0 Å². The molecular weight excluding hydrogens is 406 g/mol. The smallest absolute Gasteiger partial charge is 0.410 e. The highest BCUT2D eigenvalue weighted by atomic mass is 32.2. The van der Waals surface area contributed by atoms with Crippen LogP contribution in [0.4, 0.5) is 10.5 Å². The lowest BCUT2D eigenvalue weighted by atomic mass is 10.2. The molecule has 2 heterocycles. The molecule has 9 nitrogen and oxygen atoms in total. The number of hydrogen-bond acceptors (Lipinski definition) is 8. The van der Waals surface area contributed by atoms with Gasteiger partial charge in [0.1, 0.15) is 5.60 Å². The number of fused-ring (bicyclic) bond motifs is 1. The van der Waals surface area contributed by atoms with E-state index in [1.807, 2.05) is 0 Å². The van der Waals surface area contributed by atoms with Crippen molar-refractivity contribution in [2.75, 3.05) is 12.3 Å². The highest BCUT2D eigenvalue weighted by molar-refractivity contribution is 7.93. The number of sulfone groups is 1. The number of hydrogen-bond donors (Lipinski definition) is 0. The molecule has 1 fully saturated rings. The first-order chi connectivity index (χ1) is 13.0. The first-order valence-electron chi connectivity index (χ1n) is 8.74. The summed E-state index contributed by atoms with van der Waals surface area (Å²) in [7, 11) is -3.76. The van der Waals surface area contributed by atoms with Gasteiger partial charge in [0, 0.05) is 24.7 Å². The van der Waals surface area contributed by atoms with Crippen LogP contribution in [-0.2, 0) is 14.6 Å². The second-order valence-electron chi connectivity index (χ2n) is 7.64. The van der Waals surface area contributed by atoms with Gasteiger partial charge in [-0.3, -0.25) is 10.1 Å². The van der Waals surface area contributed by atoms with Crippen LogP contribution in [0.3, 0.4) is 0 Å². The predicted molar refractivity (Wildman–Crippen MR) is 104 cm³/mol. The zero-order chi connectivity index (χ0) is 20.7. The fraction of sp³-hybridized carbons (Fsp3) is 0.529. The summed E-state index contributed by atoms with van der Waals surface area (Å²) in [5.74, 6) is -0.256. The minimum Gasteiger partial charge on any atom is -0.444 e. The van der Waals surface area contributed by atoms with Crippen molar-refractivity contribution >= 4 is 43.2 Å². The number of aromatic nitrogens is 1. The van der Waals surface area contributed by atoms with Crippen LogP contribution >= 0.6 is 11.3 Å². The number of carbonyl (C=O) groups is 1. The van der Waals surface area contributed by atoms with Crippen molar-refractivity contribution in [2.24, 2.45) is 0 Å². The van der Waals surface area contributed by atoms with E-state index in [-0.39, 0.29) is 21.3 Å². The molecular formula is C17H21N3O6S2. The number of ether oxygens (including phenoxy) is 1. The molecule has 1 saturated heterocycles. The van der Waals surface area contributed by atoms with Crippen molar-refractivity contribution in [3.8, 4) is 0 Å². The summed E-state index contributed by atoms with van der Waals surface area (Å²) in [6.07, 6.45) is 0.741. The molecule has 11 heteroatoms. The summed E-state index contributed by atoms with van der Waals surface area (Å²) in [4.78, 5) is 28.3. The summed E-state index contributed by atoms with van der Waals surface area (Å²) in [5, 5.41) is 10.9. The number of benzene rings is 1. The van der Waals surface area contributed by atoms with E-state index in [9.17, 15) is 23.3 Å². The van der Waals surface area contributed by atoms with Crippen LogP contribution in [0.5, 0.6) is 0 Å². The van der Waals surface area contributed by atoms with Crippen molar-refractivity contribution in [3.05, 3.63) is 28.3 Å². The van der Waals surface area contributed by atoms with Crippen LogP contribution in [0.25, 0.3) is 10.2 Å². The average molecular weight is 428 g/mol. The molecule has 1 atom stereocenters. The summed E-state index contributed by atoms with van der Waals surface area (Å²) < 4.78 is 31.6. The summed E-state index contributed by atoms with van der Waals surface area (Å²) in [5.41, 5.74) is -0.535. The monoisotopic (exact) mass is 427 g/mol. The van der Waals surface area contributed by atoms with Crippen molar-refractivity contribution < 1.29 is 22.9 Å². The van der Waals surface area contributed by atoms with E-state index in [2.05, 4.69) is 4.98 Å². The van der Waals surface area contributed by atoms with E-state index in [1.54, 1.807) is 20.8 Å². The highest BCUT2D eigenvalue weighted by Crippen LogP contribution is 2.31. The fourth-order valence-electron chi connectivity index (χ4n) is 3.04. The van der Waals surface area contributed by atoms with E-state index in [1.165, 1.54) is 23.1 Å². The molecule has 1 amide bonds. The number of likely N-dealkylation sites (tertiary alicyclic amines) is 1. The Labute approximate surface area is 166 Å². The third-order valence-corrected chi connectivity index (χ3v) is 7.54. The van der Waals surface area contributed by atoms with Crippen LogP contribution in [-0.4, -0.2) is 53.3 Å². The molecule has 152 valence electrons. The number of thiazole rings is 1. The van der Waals surface area contributed by atoms with Crippen molar-refractivity contribution in [1.29, 1.82) is 0 Å². The molecule has 0 N–H and O–H groups in total. The Bertz CT molecular complexity index is 1030. The first-order valence-corrected chi connectivity index (χ1v) is 11.2. The number of non-ortho nitro benzene ring substituents is 1. The van der Waals surface area contributed by atoms with Crippen LogP contribution in [0.2, 0.25) is 0 Å². The zero-order valence-electron chi connectivity index (χ0n) is 15.7. The third kappa shape index (κ3) is 4.41. The van der Waals surface area contributed by atoms with Gasteiger partial charge in [-0.2, -0.15) is 0 Å². The second-order valence-corrected chi connectivity index (χ2v) is 10.9. The third-order valence-electron chi connectivity index (χ3n) is 4.25. The molecule has 1 aliphatic rings. The normalized spacial score (nSPS) is 17.8. The maximum absolute atomic E-state index is 12.9. The highest BCUT2D eigenvalue weighted by Gasteiger charge is 2.36. The largest absolute Gasteiger partial charge is 0.444 e. The maximum atomic E-state index is 12.9. The molecule has 2 aromatic rings. The summed E-state index contributed by atoms with van der Waals surface area (Å²) in [6, 6.07) is 3.58. The van der Waals surface area contributed by atoms with Gasteiger partial charge in [-0.1, -0.05) is 0 Å². The molecule has 0 radical (unpaired) electrons. The molecule has 3 rings (SSSR count). The van der Waals surface area contributed by atoms with Crippen molar-refractivity contribution in [1.82, 2.24) is 9.88 Å². The Hall–Kier alpha value is -2.27. The average Bonchev–Trinajstić information content (AvgIpc) is 3.18. The number of rotatable bonds is 4. The molecule has 0 unspecified atom stereocenters.